The summed E-state index contributed by atoms with van der Waals surface area (Å²) in [7, 11) is 0. The number of benzene rings is 1. The van der Waals surface area contributed by atoms with Crippen LogP contribution in [0.4, 0.5) is 0 Å². The van der Waals surface area contributed by atoms with E-state index in [1.807, 2.05) is 11.0 Å². The number of ether oxygens (including phenoxy) is 1. The first-order valence-electron chi connectivity index (χ1n) is 7.12. The molecule has 0 saturated carbocycles. The first kappa shape index (κ1) is 14.5. The lowest BCUT2D eigenvalue weighted by molar-refractivity contribution is -0.141. The van der Waals surface area contributed by atoms with Crippen molar-refractivity contribution in [3.05, 3.63) is 35.9 Å². The number of piperidine rings is 1. The number of esters is 1. The third kappa shape index (κ3) is 2.67. The summed E-state index contributed by atoms with van der Waals surface area (Å²) in [4.78, 5) is 14.0. The zero-order chi connectivity index (χ0) is 15.0. The number of hydrogen-bond donors (Lipinski definition) is 3. The lowest BCUT2D eigenvalue weighted by Gasteiger charge is -2.41. The van der Waals surface area contributed by atoms with Crippen LogP contribution in [-0.4, -0.2) is 69.7 Å². The molecule has 114 valence electrons. The summed E-state index contributed by atoms with van der Waals surface area (Å²) < 4.78 is 5.49. The smallest absolute Gasteiger partial charge is 0.338 e. The van der Waals surface area contributed by atoms with E-state index in [1.165, 1.54) is 0 Å². The molecule has 6 nitrogen and oxygen atoms in total. The fourth-order valence-corrected chi connectivity index (χ4v) is 3.18. The van der Waals surface area contributed by atoms with Gasteiger partial charge < -0.3 is 20.1 Å². The van der Waals surface area contributed by atoms with Gasteiger partial charge in [0, 0.05) is 13.1 Å². The van der Waals surface area contributed by atoms with Gasteiger partial charge >= 0.3 is 5.97 Å². The van der Waals surface area contributed by atoms with E-state index >= 15 is 0 Å². The van der Waals surface area contributed by atoms with Crippen molar-refractivity contribution in [2.45, 2.75) is 36.9 Å². The van der Waals surface area contributed by atoms with E-state index in [0.29, 0.717) is 18.5 Å². The van der Waals surface area contributed by atoms with E-state index in [4.69, 9.17) is 4.74 Å². The molecule has 0 aromatic heterocycles. The van der Waals surface area contributed by atoms with Gasteiger partial charge in [0.05, 0.1) is 17.7 Å². The third-order valence-electron chi connectivity index (χ3n) is 4.29. The second-order valence-electron chi connectivity index (χ2n) is 5.63. The Labute approximate surface area is 122 Å². The van der Waals surface area contributed by atoms with Crippen LogP contribution < -0.4 is 0 Å². The highest BCUT2D eigenvalue weighted by molar-refractivity contribution is 5.89. The van der Waals surface area contributed by atoms with Crippen molar-refractivity contribution in [1.82, 2.24) is 4.90 Å². The van der Waals surface area contributed by atoms with Gasteiger partial charge in [-0.3, -0.25) is 4.90 Å². The molecule has 0 amide bonds. The average Bonchev–Trinajstić information content (AvgIpc) is 2.88. The molecule has 6 heteroatoms. The Kier molecular flexibility index (Phi) is 3.95. The number of fused-ring (bicyclic) bond motifs is 1. The van der Waals surface area contributed by atoms with Crippen molar-refractivity contribution in [2.24, 2.45) is 0 Å². The van der Waals surface area contributed by atoms with Crippen LogP contribution in [0.15, 0.2) is 30.3 Å². The second-order valence-corrected chi connectivity index (χ2v) is 5.63. The Morgan fingerprint density at radius 1 is 1.14 bits per heavy atom. The van der Waals surface area contributed by atoms with E-state index < -0.39 is 36.4 Å². The molecule has 21 heavy (non-hydrogen) atoms. The van der Waals surface area contributed by atoms with Gasteiger partial charge in [-0.2, -0.15) is 0 Å². The highest BCUT2D eigenvalue weighted by Crippen LogP contribution is 2.30. The predicted octanol–water partition coefficient (Wildman–Crippen LogP) is -0.617. The lowest BCUT2D eigenvalue weighted by Crippen LogP contribution is -2.61. The molecule has 0 spiro atoms. The molecule has 2 heterocycles. The molecule has 3 N–H and O–H groups in total. The zero-order valence-corrected chi connectivity index (χ0v) is 11.5. The van der Waals surface area contributed by atoms with Crippen LogP contribution in [0.5, 0.6) is 0 Å². The van der Waals surface area contributed by atoms with Crippen molar-refractivity contribution >= 4 is 5.97 Å². The lowest BCUT2D eigenvalue weighted by atomic mass is 9.93. The van der Waals surface area contributed by atoms with Gasteiger partial charge in [0.15, 0.2) is 0 Å². The minimum absolute atomic E-state index is 0.280. The molecule has 1 aromatic rings. The van der Waals surface area contributed by atoms with Gasteiger partial charge in [-0.05, 0) is 18.6 Å². The number of aliphatic hydroxyl groups excluding tert-OH is 3. The molecular weight excluding hydrogens is 274 g/mol. The summed E-state index contributed by atoms with van der Waals surface area (Å²) in [5.41, 5.74) is 0.460. The average molecular weight is 293 g/mol. The largest absolute Gasteiger partial charge is 0.457 e. The van der Waals surface area contributed by atoms with Crippen LogP contribution in [0.2, 0.25) is 0 Å². The number of nitrogens with zero attached hydrogens (tertiary/aromatic N) is 1. The first-order valence-corrected chi connectivity index (χ1v) is 7.12. The quantitative estimate of drug-likeness (QED) is 0.630. The van der Waals surface area contributed by atoms with E-state index in [1.54, 1.807) is 24.3 Å². The summed E-state index contributed by atoms with van der Waals surface area (Å²) >= 11 is 0. The fourth-order valence-electron chi connectivity index (χ4n) is 3.18. The molecule has 3 rings (SSSR count). The molecule has 0 aliphatic carbocycles. The van der Waals surface area contributed by atoms with E-state index in [9.17, 15) is 20.1 Å². The number of aliphatic hydroxyl groups is 3. The molecule has 2 fully saturated rings. The summed E-state index contributed by atoms with van der Waals surface area (Å²) in [6.45, 7) is 0.903. The van der Waals surface area contributed by atoms with Gasteiger partial charge in [-0.15, -0.1) is 0 Å². The fraction of sp³-hybridized carbons (Fsp3) is 0.533. The summed E-state index contributed by atoms with van der Waals surface area (Å²) in [5, 5.41) is 29.6. The molecule has 0 unspecified atom stereocenters. The zero-order valence-electron chi connectivity index (χ0n) is 11.5. The number of rotatable bonds is 2. The third-order valence-corrected chi connectivity index (χ3v) is 4.29. The van der Waals surface area contributed by atoms with Crippen LogP contribution in [-0.2, 0) is 4.74 Å². The van der Waals surface area contributed by atoms with Gasteiger partial charge in [0.2, 0.25) is 0 Å². The minimum Gasteiger partial charge on any atom is -0.457 e. The van der Waals surface area contributed by atoms with Crippen molar-refractivity contribution in [1.29, 1.82) is 0 Å². The normalized spacial score (nSPS) is 36.2. The van der Waals surface area contributed by atoms with E-state index in [2.05, 4.69) is 0 Å². The van der Waals surface area contributed by atoms with Gasteiger partial charge in [-0.1, -0.05) is 18.2 Å². The van der Waals surface area contributed by atoms with Crippen molar-refractivity contribution in [3.63, 3.8) is 0 Å². The van der Waals surface area contributed by atoms with Gasteiger partial charge in [0.1, 0.15) is 18.3 Å². The predicted molar refractivity (Wildman–Crippen MR) is 73.6 cm³/mol. The van der Waals surface area contributed by atoms with E-state index in [0.717, 1.165) is 0 Å². The molecule has 2 aliphatic heterocycles. The monoisotopic (exact) mass is 293 g/mol. The number of carbonyl (C=O) groups is 1. The molecule has 5 atom stereocenters. The molecule has 1 aromatic carbocycles. The Bertz CT molecular complexity index is 508. The maximum Gasteiger partial charge on any atom is 0.338 e. The molecule has 2 saturated heterocycles. The van der Waals surface area contributed by atoms with Crippen LogP contribution in [0.1, 0.15) is 16.8 Å². The Morgan fingerprint density at radius 2 is 1.86 bits per heavy atom. The van der Waals surface area contributed by atoms with Crippen LogP contribution in [0.3, 0.4) is 0 Å². The Hall–Kier alpha value is -1.47. The highest BCUT2D eigenvalue weighted by atomic mass is 16.5. The van der Waals surface area contributed by atoms with Crippen LogP contribution in [0.25, 0.3) is 0 Å². The second kappa shape index (κ2) is 5.73. The highest BCUT2D eigenvalue weighted by Gasteiger charge is 2.49. The number of carbonyl (C=O) groups excluding carboxylic acids is 1. The molecule has 2 aliphatic rings. The molecule has 0 radical (unpaired) electrons. The van der Waals surface area contributed by atoms with Gasteiger partial charge in [0.25, 0.3) is 0 Å². The van der Waals surface area contributed by atoms with Crippen LogP contribution >= 0.6 is 0 Å². The molecular formula is C15H19NO5. The van der Waals surface area contributed by atoms with Gasteiger partial charge in [-0.25, -0.2) is 4.79 Å². The topological polar surface area (TPSA) is 90.2 Å². The van der Waals surface area contributed by atoms with E-state index in [-0.39, 0.29) is 6.54 Å². The minimum atomic E-state index is -1.21. The molecule has 0 bridgehead atoms. The van der Waals surface area contributed by atoms with Crippen molar-refractivity contribution in [3.8, 4) is 0 Å². The standard InChI is InChI=1S/C15H19NO5/c17-10-8-16-7-6-11(12(16)14(19)13(10)18)21-15(20)9-4-2-1-3-5-9/h1-5,10-14,17-19H,6-8H2/t10-,11-,12+,13+,14+/m0/s1. The first-order chi connectivity index (χ1) is 10.1. The summed E-state index contributed by atoms with van der Waals surface area (Å²) in [5.74, 6) is -0.435. The number of hydrogen-bond acceptors (Lipinski definition) is 6. The maximum absolute atomic E-state index is 12.1. The maximum atomic E-state index is 12.1. The van der Waals surface area contributed by atoms with Crippen molar-refractivity contribution < 1.29 is 24.9 Å². The summed E-state index contributed by atoms with van der Waals surface area (Å²) in [6.07, 6.45) is -3.19. The Morgan fingerprint density at radius 3 is 2.57 bits per heavy atom. The Balaban J connectivity index is 1.71. The summed E-state index contributed by atoms with van der Waals surface area (Å²) in [6, 6.07) is 8.21. The van der Waals surface area contributed by atoms with Crippen LogP contribution in [0, 0.1) is 0 Å². The van der Waals surface area contributed by atoms with Crippen molar-refractivity contribution in [2.75, 3.05) is 13.1 Å². The SMILES string of the molecule is O=C(O[C@H]1CCN2C[C@H](O)[C@@H](O)[C@H](O)[C@@H]12)c1ccccc1.